The van der Waals surface area contributed by atoms with Gasteiger partial charge in [-0.15, -0.1) is 10.2 Å². The maximum absolute atomic E-state index is 11.8. The number of hydrogen-bond acceptors (Lipinski definition) is 6. The van der Waals surface area contributed by atoms with Crippen LogP contribution in [-0.4, -0.2) is 52.4 Å². The van der Waals surface area contributed by atoms with E-state index in [2.05, 4.69) is 25.0 Å². The summed E-state index contributed by atoms with van der Waals surface area (Å²) in [6, 6.07) is 5.31. The van der Waals surface area contributed by atoms with E-state index in [1.54, 1.807) is 12.1 Å². The lowest BCUT2D eigenvalue weighted by Crippen LogP contribution is -2.34. The number of ether oxygens (including phenoxy) is 1. The third-order valence-electron chi connectivity index (χ3n) is 5.46. The highest BCUT2D eigenvalue weighted by Gasteiger charge is 2.27. The van der Waals surface area contributed by atoms with Crippen LogP contribution in [0.4, 0.5) is 0 Å². The van der Waals surface area contributed by atoms with Gasteiger partial charge in [0.25, 0.3) is 0 Å². The Balaban J connectivity index is 1.40. The van der Waals surface area contributed by atoms with Crippen LogP contribution in [0.1, 0.15) is 46.3 Å². The van der Waals surface area contributed by atoms with Gasteiger partial charge in [0.05, 0.1) is 19.2 Å². The van der Waals surface area contributed by atoms with Crippen LogP contribution in [0, 0.1) is 0 Å². The molecule has 0 spiro atoms. The molecule has 1 aromatic carbocycles. The van der Waals surface area contributed by atoms with E-state index < -0.39 is 0 Å². The fourth-order valence-electron chi connectivity index (χ4n) is 3.95. The molecule has 0 unspecified atom stereocenters. The number of methoxy groups -OCH3 is 1. The van der Waals surface area contributed by atoms with Gasteiger partial charge in [-0.25, -0.2) is 4.79 Å². The molecule has 27 heavy (non-hydrogen) atoms. The molecule has 8 heteroatoms. The summed E-state index contributed by atoms with van der Waals surface area (Å²) in [6.07, 6.45) is 2.11. The molecule has 2 aliphatic heterocycles. The van der Waals surface area contributed by atoms with Gasteiger partial charge in [-0.05, 0) is 49.7 Å². The zero-order valence-corrected chi connectivity index (χ0v) is 16.2. The quantitative estimate of drug-likeness (QED) is 0.808. The van der Waals surface area contributed by atoms with E-state index in [1.165, 1.54) is 7.11 Å². The molecule has 1 fully saturated rings. The number of fused-ring (bicyclic) bond motifs is 1. The third-order valence-corrected chi connectivity index (χ3v) is 5.83. The van der Waals surface area contributed by atoms with Gasteiger partial charge in [-0.3, -0.25) is 4.90 Å². The molecular weight excluding hydrogens is 366 g/mol. The Morgan fingerprint density at radius 3 is 2.89 bits per heavy atom. The standard InChI is InChI=1S/C19H24ClN5O2/c1-27-19(26)14-2-3-16(20)15(10-14)12-24-7-4-13(5-8-24)18-23-22-17-11-21-6-9-25(17)18/h2-3,10,13,21H,4-9,11-12H2,1H3. The number of carbonyl (C=O) groups excluding carboxylic acids is 1. The number of rotatable bonds is 4. The van der Waals surface area contributed by atoms with E-state index in [0.717, 1.165) is 69.3 Å². The Hall–Kier alpha value is -1.96. The zero-order chi connectivity index (χ0) is 18.8. The Kier molecular flexibility index (Phi) is 5.43. The first-order valence-corrected chi connectivity index (χ1v) is 9.75. The van der Waals surface area contributed by atoms with Gasteiger partial charge in [0, 0.05) is 30.6 Å². The minimum atomic E-state index is -0.335. The number of carbonyl (C=O) groups is 1. The first kappa shape index (κ1) is 18.4. The molecule has 1 saturated heterocycles. The summed E-state index contributed by atoms with van der Waals surface area (Å²) in [7, 11) is 1.39. The Bertz CT molecular complexity index is 830. The summed E-state index contributed by atoms with van der Waals surface area (Å²) in [5.74, 6) is 2.30. The minimum absolute atomic E-state index is 0.335. The molecule has 2 aliphatic rings. The largest absolute Gasteiger partial charge is 0.465 e. The summed E-state index contributed by atoms with van der Waals surface area (Å²) in [5, 5.41) is 12.8. The van der Waals surface area contributed by atoms with Crippen molar-refractivity contribution in [3.63, 3.8) is 0 Å². The molecule has 144 valence electrons. The van der Waals surface area contributed by atoms with Gasteiger partial charge in [0.1, 0.15) is 11.6 Å². The predicted octanol–water partition coefficient (Wildman–Crippen LogP) is 2.20. The van der Waals surface area contributed by atoms with E-state index >= 15 is 0 Å². The van der Waals surface area contributed by atoms with Crippen molar-refractivity contribution in [1.29, 1.82) is 0 Å². The normalized spacial score (nSPS) is 18.3. The summed E-state index contributed by atoms with van der Waals surface area (Å²) < 4.78 is 7.09. The van der Waals surface area contributed by atoms with Crippen LogP contribution in [0.2, 0.25) is 5.02 Å². The van der Waals surface area contributed by atoms with Crippen LogP contribution in [0.15, 0.2) is 18.2 Å². The zero-order valence-electron chi connectivity index (χ0n) is 15.4. The van der Waals surface area contributed by atoms with Gasteiger partial charge in [-0.1, -0.05) is 11.6 Å². The van der Waals surface area contributed by atoms with Crippen LogP contribution < -0.4 is 5.32 Å². The second kappa shape index (κ2) is 7.96. The molecular formula is C19H24ClN5O2. The molecule has 0 aliphatic carbocycles. The number of piperidine rings is 1. The number of esters is 1. The first-order valence-electron chi connectivity index (χ1n) is 9.37. The first-order chi connectivity index (χ1) is 13.2. The van der Waals surface area contributed by atoms with Crippen LogP contribution in [-0.2, 0) is 24.4 Å². The van der Waals surface area contributed by atoms with E-state index in [9.17, 15) is 4.79 Å². The topological polar surface area (TPSA) is 72.3 Å². The molecule has 0 atom stereocenters. The van der Waals surface area contributed by atoms with Crippen molar-refractivity contribution in [3.05, 3.63) is 46.0 Å². The SMILES string of the molecule is COC(=O)c1ccc(Cl)c(CN2CCC(c3nnc4n3CCNC4)CC2)c1. The lowest BCUT2D eigenvalue weighted by molar-refractivity contribution is 0.0600. The molecule has 0 bridgehead atoms. The van der Waals surface area contributed by atoms with Crippen LogP contribution in [0.25, 0.3) is 0 Å². The van der Waals surface area contributed by atoms with Crippen molar-refractivity contribution >= 4 is 17.6 Å². The smallest absolute Gasteiger partial charge is 0.337 e. The monoisotopic (exact) mass is 389 g/mol. The van der Waals surface area contributed by atoms with Crippen molar-refractivity contribution in [1.82, 2.24) is 25.0 Å². The molecule has 0 amide bonds. The van der Waals surface area contributed by atoms with Gasteiger partial charge in [-0.2, -0.15) is 0 Å². The Labute approximate surface area is 163 Å². The maximum Gasteiger partial charge on any atom is 0.337 e. The number of nitrogens with zero attached hydrogens (tertiary/aromatic N) is 4. The highest BCUT2D eigenvalue weighted by Crippen LogP contribution is 2.29. The minimum Gasteiger partial charge on any atom is -0.465 e. The highest BCUT2D eigenvalue weighted by atomic mass is 35.5. The van der Waals surface area contributed by atoms with Gasteiger partial charge in [0.15, 0.2) is 0 Å². The van der Waals surface area contributed by atoms with Crippen molar-refractivity contribution < 1.29 is 9.53 Å². The van der Waals surface area contributed by atoms with Crippen molar-refractivity contribution in [3.8, 4) is 0 Å². The molecule has 0 saturated carbocycles. The maximum atomic E-state index is 11.8. The number of halogens is 1. The molecule has 2 aromatic rings. The van der Waals surface area contributed by atoms with Crippen molar-refractivity contribution in [2.24, 2.45) is 0 Å². The predicted molar refractivity (Wildman–Crippen MR) is 102 cm³/mol. The average Bonchev–Trinajstić information content (AvgIpc) is 3.14. The molecule has 1 N–H and O–H groups in total. The highest BCUT2D eigenvalue weighted by molar-refractivity contribution is 6.31. The Morgan fingerprint density at radius 1 is 1.30 bits per heavy atom. The molecule has 4 rings (SSSR count). The van der Waals surface area contributed by atoms with Crippen LogP contribution in [0.3, 0.4) is 0 Å². The van der Waals surface area contributed by atoms with Gasteiger partial charge in [0.2, 0.25) is 0 Å². The Morgan fingerprint density at radius 2 is 2.11 bits per heavy atom. The second-order valence-corrected chi connectivity index (χ2v) is 7.56. The number of likely N-dealkylation sites (tertiary alicyclic amines) is 1. The van der Waals surface area contributed by atoms with Crippen LogP contribution in [0.5, 0.6) is 0 Å². The van der Waals surface area contributed by atoms with E-state index in [0.29, 0.717) is 16.5 Å². The summed E-state index contributed by atoms with van der Waals surface area (Å²) in [4.78, 5) is 14.1. The fraction of sp³-hybridized carbons (Fsp3) is 0.526. The van der Waals surface area contributed by atoms with Crippen molar-refractivity contribution in [2.45, 2.75) is 38.4 Å². The number of nitrogens with one attached hydrogen (secondary N) is 1. The molecule has 0 radical (unpaired) electrons. The summed E-state index contributed by atoms with van der Waals surface area (Å²) >= 11 is 6.35. The molecule has 1 aromatic heterocycles. The van der Waals surface area contributed by atoms with E-state index in [4.69, 9.17) is 16.3 Å². The average molecular weight is 390 g/mol. The van der Waals surface area contributed by atoms with Gasteiger partial charge < -0.3 is 14.6 Å². The third kappa shape index (κ3) is 3.85. The fourth-order valence-corrected chi connectivity index (χ4v) is 4.12. The number of hydrogen-bond donors (Lipinski definition) is 1. The molecule has 3 heterocycles. The van der Waals surface area contributed by atoms with E-state index in [1.807, 2.05) is 6.07 Å². The number of aromatic nitrogens is 3. The lowest BCUT2D eigenvalue weighted by Gasteiger charge is -2.32. The number of benzene rings is 1. The summed E-state index contributed by atoms with van der Waals surface area (Å²) in [6.45, 7) is 5.42. The van der Waals surface area contributed by atoms with Crippen LogP contribution >= 0.6 is 11.6 Å². The van der Waals surface area contributed by atoms with Gasteiger partial charge >= 0.3 is 5.97 Å². The molecule has 7 nitrogen and oxygen atoms in total. The summed E-state index contributed by atoms with van der Waals surface area (Å²) in [5.41, 5.74) is 1.50. The van der Waals surface area contributed by atoms with Crippen molar-refractivity contribution in [2.75, 3.05) is 26.7 Å². The van der Waals surface area contributed by atoms with E-state index in [-0.39, 0.29) is 5.97 Å². The second-order valence-electron chi connectivity index (χ2n) is 7.15. The lowest BCUT2D eigenvalue weighted by atomic mass is 9.95.